The van der Waals surface area contributed by atoms with Crippen LogP contribution in [-0.2, 0) is 4.79 Å². The van der Waals surface area contributed by atoms with Crippen LogP contribution in [0.2, 0.25) is 0 Å². The normalized spacial score (nSPS) is 18.7. The Balaban J connectivity index is 1.57. The van der Waals surface area contributed by atoms with Crippen molar-refractivity contribution in [2.45, 2.75) is 45.3 Å². The van der Waals surface area contributed by atoms with Gasteiger partial charge >= 0.3 is 0 Å². The number of nitrogens with zero attached hydrogens (tertiary/aromatic N) is 4. The fourth-order valence-corrected chi connectivity index (χ4v) is 3.66. The topological polar surface area (TPSA) is 103 Å². The van der Waals surface area contributed by atoms with Gasteiger partial charge in [-0.2, -0.15) is 0 Å². The van der Waals surface area contributed by atoms with Gasteiger partial charge in [0.1, 0.15) is 23.6 Å². The van der Waals surface area contributed by atoms with Crippen LogP contribution in [0.1, 0.15) is 38.9 Å². The number of anilines is 4. The van der Waals surface area contributed by atoms with Crippen LogP contribution in [0.5, 0.6) is 0 Å². The average molecular weight is 380 g/mol. The molecule has 1 aliphatic heterocycles. The predicted octanol–water partition coefficient (Wildman–Crippen LogP) is 2.71. The summed E-state index contributed by atoms with van der Waals surface area (Å²) in [5, 5.41) is 16.2. The van der Waals surface area contributed by atoms with Crippen molar-refractivity contribution >= 4 is 34.4 Å². The molecule has 2 aromatic heterocycles. The third-order valence-corrected chi connectivity index (χ3v) is 5.00. The van der Waals surface area contributed by atoms with Crippen LogP contribution in [-0.4, -0.2) is 44.7 Å². The van der Waals surface area contributed by atoms with Crippen LogP contribution < -0.4 is 15.5 Å². The predicted molar refractivity (Wildman–Crippen MR) is 108 cm³/mol. The molecule has 0 aromatic carbocycles. The smallest absolute Gasteiger partial charge is 0.157 e. The van der Waals surface area contributed by atoms with E-state index in [1.54, 1.807) is 18.5 Å². The number of fused-ring (bicyclic) bond motifs is 1. The number of ketones is 1. The summed E-state index contributed by atoms with van der Waals surface area (Å²) in [4.78, 5) is 27.0. The molecule has 2 aliphatic rings. The molecule has 0 amide bonds. The van der Waals surface area contributed by atoms with Crippen LogP contribution in [0.15, 0.2) is 30.6 Å². The lowest BCUT2D eigenvalue weighted by atomic mass is 9.98. The molecule has 28 heavy (non-hydrogen) atoms. The van der Waals surface area contributed by atoms with Gasteiger partial charge in [-0.3, -0.25) is 4.79 Å². The standard InChI is InChI=1S/C20H24N6O2/c1-12(2)26-16-9-18(22-10-15(16)23-19(26)11-27)24-17-7-8-21-20(25-17)13-3-5-14(28)6-4-13/h3,7-10,12,19,23,27H,4-6,11H2,1-2H3,(H,21,22,24,25). The Morgan fingerprint density at radius 1 is 1.32 bits per heavy atom. The molecule has 8 heteroatoms. The summed E-state index contributed by atoms with van der Waals surface area (Å²) in [7, 11) is 0. The second-order valence-electron chi connectivity index (χ2n) is 7.29. The molecule has 8 nitrogen and oxygen atoms in total. The molecule has 1 atom stereocenters. The second-order valence-corrected chi connectivity index (χ2v) is 7.29. The number of Topliss-reactive ketones (excluding diaryl/α,β-unsaturated/α-hetero) is 1. The van der Waals surface area contributed by atoms with Gasteiger partial charge in [0.25, 0.3) is 0 Å². The number of hydrogen-bond acceptors (Lipinski definition) is 8. The lowest BCUT2D eigenvalue weighted by Crippen LogP contribution is -2.42. The fraction of sp³-hybridized carbons (Fsp3) is 0.400. The minimum atomic E-state index is -0.154. The van der Waals surface area contributed by atoms with E-state index in [2.05, 4.69) is 44.3 Å². The van der Waals surface area contributed by atoms with Crippen molar-refractivity contribution < 1.29 is 9.90 Å². The summed E-state index contributed by atoms with van der Waals surface area (Å²) in [6.07, 6.45) is 6.91. The van der Waals surface area contributed by atoms with Gasteiger partial charge in [-0.05, 0) is 31.9 Å². The monoisotopic (exact) mass is 380 g/mol. The quantitative estimate of drug-likeness (QED) is 0.727. The van der Waals surface area contributed by atoms with Crippen molar-refractivity contribution in [1.29, 1.82) is 0 Å². The number of carbonyl (C=O) groups excluding carboxylic acids is 1. The van der Waals surface area contributed by atoms with Gasteiger partial charge in [0.2, 0.25) is 0 Å². The number of aliphatic hydroxyl groups is 1. The van der Waals surface area contributed by atoms with Gasteiger partial charge in [0.05, 0.1) is 24.2 Å². The molecule has 0 bridgehead atoms. The minimum Gasteiger partial charge on any atom is -0.392 e. The van der Waals surface area contributed by atoms with Crippen LogP contribution in [0.25, 0.3) is 5.57 Å². The summed E-state index contributed by atoms with van der Waals surface area (Å²) in [6, 6.07) is 3.98. The maximum Gasteiger partial charge on any atom is 0.157 e. The van der Waals surface area contributed by atoms with E-state index in [9.17, 15) is 9.90 Å². The van der Waals surface area contributed by atoms with Crippen molar-refractivity contribution in [3.05, 3.63) is 36.4 Å². The van der Waals surface area contributed by atoms with E-state index < -0.39 is 0 Å². The zero-order chi connectivity index (χ0) is 19.7. The maximum atomic E-state index is 11.4. The van der Waals surface area contributed by atoms with E-state index in [1.807, 2.05) is 12.1 Å². The summed E-state index contributed by atoms with van der Waals surface area (Å²) in [5.41, 5.74) is 2.90. The molecular weight excluding hydrogens is 356 g/mol. The SMILES string of the molecule is CC(C)N1c2cc(Nc3ccnc(C4=CCC(=O)CC4)n3)ncc2NC1CO. The maximum absolute atomic E-state index is 11.4. The number of hydrogen-bond donors (Lipinski definition) is 3. The third-order valence-electron chi connectivity index (χ3n) is 5.00. The number of nitrogens with one attached hydrogen (secondary N) is 2. The molecule has 0 saturated heterocycles. The molecule has 3 heterocycles. The number of carbonyl (C=O) groups is 1. The number of aromatic nitrogens is 3. The highest BCUT2D eigenvalue weighted by Gasteiger charge is 2.30. The molecule has 0 spiro atoms. The van der Waals surface area contributed by atoms with E-state index in [0.29, 0.717) is 36.7 Å². The van der Waals surface area contributed by atoms with E-state index in [1.165, 1.54) is 0 Å². The van der Waals surface area contributed by atoms with Gasteiger partial charge in [-0.15, -0.1) is 0 Å². The second kappa shape index (κ2) is 7.55. The van der Waals surface area contributed by atoms with Gasteiger partial charge in [-0.1, -0.05) is 6.08 Å². The first-order valence-corrected chi connectivity index (χ1v) is 9.52. The van der Waals surface area contributed by atoms with Gasteiger partial charge < -0.3 is 20.6 Å². The Kier molecular flexibility index (Phi) is 4.95. The molecule has 146 valence electrons. The Morgan fingerprint density at radius 3 is 2.89 bits per heavy atom. The van der Waals surface area contributed by atoms with Crippen molar-refractivity contribution in [2.75, 3.05) is 22.1 Å². The largest absolute Gasteiger partial charge is 0.392 e. The van der Waals surface area contributed by atoms with Crippen molar-refractivity contribution in [2.24, 2.45) is 0 Å². The van der Waals surface area contributed by atoms with E-state index >= 15 is 0 Å². The van der Waals surface area contributed by atoms with Crippen molar-refractivity contribution in [3.8, 4) is 0 Å². The van der Waals surface area contributed by atoms with Crippen LogP contribution in [0, 0.1) is 0 Å². The summed E-state index contributed by atoms with van der Waals surface area (Å²) >= 11 is 0. The number of aliphatic hydroxyl groups excluding tert-OH is 1. The summed E-state index contributed by atoms with van der Waals surface area (Å²) in [6.45, 7) is 4.20. The highest BCUT2D eigenvalue weighted by Crippen LogP contribution is 2.37. The molecule has 1 unspecified atom stereocenters. The Labute approximate surface area is 163 Å². The lowest BCUT2D eigenvalue weighted by Gasteiger charge is -2.29. The first kappa shape index (κ1) is 18.4. The fourth-order valence-electron chi connectivity index (χ4n) is 3.66. The highest BCUT2D eigenvalue weighted by molar-refractivity contribution is 5.86. The molecule has 2 aromatic rings. The zero-order valence-electron chi connectivity index (χ0n) is 16.0. The number of pyridine rings is 1. The van der Waals surface area contributed by atoms with Gasteiger partial charge in [0, 0.05) is 31.1 Å². The van der Waals surface area contributed by atoms with Crippen molar-refractivity contribution in [1.82, 2.24) is 15.0 Å². The summed E-state index contributed by atoms with van der Waals surface area (Å²) in [5.74, 6) is 2.22. The Morgan fingerprint density at radius 2 is 2.18 bits per heavy atom. The van der Waals surface area contributed by atoms with Crippen LogP contribution in [0.3, 0.4) is 0 Å². The first-order valence-electron chi connectivity index (χ1n) is 9.52. The third kappa shape index (κ3) is 3.55. The Bertz CT molecular complexity index is 927. The number of rotatable bonds is 5. The summed E-state index contributed by atoms with van der Waals surface area (Å²) < 4.78 is 0. The molecule has 4 rings (SSSR count). The average Bonchev–Trinajstić information content (AvgIpc) is 3.07. The molecular formula is C20H24N6O2. The molecule has 0 saturated carbocycles. The minimum absolute atomic E-state index is 0.0164. The lowest BCUT2D eigenvalue weighted by molar-refractivity contribution is -0.118. The zero-order valence-corrected chi connectivity index (χ0v) is 16.0. The molecule has 1 aliphatic carbocycles. The van der Waals surface area contributed by atoms with Crippen LogP contribution in [0.4, 0.5) is 23.0 Å². The van der Waals surface area contributed by atoms with Crippen molar-refractivity contribution in [3.63, 3.8) is 0 Å². The molecule has 0 fully saturated rings. The number of allylic oxidation sites excluding steroid dienone is 2. The molecule has 0 radical (unpaired) electrons. The van der Waals surface area contributed by atoms with E-state index in [0.717, 1.165) is 16.9 Å². The first-order chi connectivity index (χ1) is 13.5. The molecule has 3 N–H and O–H groups in total. The highest BCUT2D eigenvalue weighted by atomic mass is 16.3. The van der Waals surface area contributed by atoms with Gasteiger partial charge in [0.15, 0.2) is 5.82 Å². The van der Waals surface area contributed by atoms with Crippen LogP contribution >= 0.6 is 0 Å². The van der Waals surface area contributed by atoms with E-state index in [4.69, 9.17) is 0 Å². The van der Waals surface area contributed by atoms with Gasteiger partial charge in [-0.25, -0.2) is 15.0 Å². The Hall–Kier alpha value is -3.00. The van der Waals surface area contributed by atoms with E-state index in [-0.39, 0.29) is 24.6 Å².